The molecule has 1 unspecified atom stereocenters. The SMILES string of the molecule is CC1(CNCCCC(F)(F)F)CCNC1. The lowest BCUT2D eigenvalue weighted by Crippen LogP contribution is -2.34. The predicted molar refractivity (Wildman–Crippen MR) is 53.8 cm³/mol. The zero-order valence-electron chi connectivity index (χ0n) is 9.08. The number of nitrogens with one attached hydrogen (secondary N) is 2. The average Bonchev–Trinajstić information content (AvgIpc) is 2.50. The Balaban J connectivity index is 2.02. The van der Waals surface area contributed by atoms with Crippen LogP contribution in [0.5, 0.6) is 0 Å². The predicted octanol–water partition coefficient (Wildman–Crippen LogP) is 1.92. The second-order valence-corrected chi connectivity index (χ2v) is 4.63. The van der Waals surface area contributed by atoms with Crippen molar-refractivity contribution < 1.29 is 13.2 Å². The Labute approximate surface area is 88.6 Å². The second-order valence-electron chi connectivity index (χ2n) is 4.63. The minimum absolute atomic E-state index is 0.174. The van der Waals surface area contributed by atoms with Gasteiger partial charge in [-0.3, -0.25) is 0 Å². The summed E-state index contributed by atoms with van der Waals surface area (Å²) >= 11 is 0. The van der Waals surface area contributed by atoms with Gasteiger partial charge in [0, 0.05) is 19.5 Å². The van der Waals surface area contributed by atoms with Gasteiger partial charge in [-0.05, 0) is 31.3 Å². The number of hydrogen-bond acceptors (Lipinski definition) is 2. The first kappa shape index (κ1) is 12.8. The molecule has 1 rings (SSSR count). The van der Waals surface area contributed by atoms with Crippen molar-refractivity contribution in [3.05, 3.63) is 0 Å². The smallest absolute Gasteiger partial charge is 0.316 e. The van der Waals surface area contributed by atoms with E-state index in [9.17, 15) is 13.2 Å². The highest BCUT2D eigenvalue weighted by Crippen LogP contribution is 2.23. The molecule has 1 atom stereocenters. The van der Waals surface area contributed by atoms with E-state index in [-0.39, 0.29) is 11.8 Å². The van der Waals surface area contributed by atoms with Crippen LogP contribution in [-0.2, 0) is 0 Å². The molecule has 0 aliphatic carbocycles. The van der Waals surface area contributed by atoms with Gasteiger partial charge < -0.3 is 10.6 Å². The van der Waals surface area contributed by atoms with Gasteiger partial charge in [0.25, 0.3) is 0 Å². The van der Waals surface area contributed by atoms with E-state index in [1.54, 1.807) is 0 Å². The molecule has 90 valence electrons. The zero-order valence-corrected chi connectivity index (χ0v) is 9.08. The van der Waals surface area contributed by atoms with Crippen molar-refractivity contribution in [2.45, 2.75) is 32.4 Å². The third-order valence-corrected chi connectivity index (χ3v) is 2.82. The molecule has 0 spiro atoms. The Morgan fingerprint density at radius 1 is 1.40 bits per heavy atom. The van der Waals surface area contributed by atoms with Crippen LogP contribution in [0.1, 0.15) is 26.2 Å². The molecule has 0 aromatic carbocycles. The van der Waals surface area contributed by atoms with E-state index in [2.05, 4.69) is 17.6 Å². The van der Waals surface area contributed by atoms with E-state index in [1.807, 2.05) is 0 Å². The molecule has 1 saturated heterocycles. The largest absolute Gasteiger partial charge is 0.389 e. The van der Waals surface area contributed by atoms with Crippen molar-refractivity contribution >= 4 is 0 Å². The first-order valence-electron chi connectivity index (χ1n) is 5.40. The molecular weight excluding hydrogens is 205 g/mol. The van der Waals surface area contributed by atoms with Gasteiger partial charge in [0.2, 0.25) is 0 Å². The van der Waals surface area contributed by atoms with Gasteiger partial charge in [0.15, 0.2) is 0 Å². The lowest BCUT2D eigenvalue weighted by atomic mass is 9.90. The third kappa shape index (κ3) is 5.37. The monoisotopic (exact) mass is 224 g/mol. The van der Waals surface area contributed by atoms with Crippen molar-refractivity contribution in [3.8, 4) is 0 Å². The molecule has 0 bridgehead atoms. The molecule has 1 aliphatic rings. The number of rotatable bonds is 5. The lowest BCUT2D eigenvalue weighted by molar-refractivity contribution is -0.135. The Morgan fingerprint density at radius 2 is 2.13 bits per heavy atom. The van der Waals surface area contributed by atoms with Crippen LogP contribution in [-0.4, -0.2) is 32.4 Å². The molecule has 5 heteroatoms. The summed E-state index contributed by atoms with van der Waals surface area (Å²) in [5.74, 6) is 0. The zero-order chi connectivity index (χ0) is 11.4. The standard InChI is InChI=1S/C10H19F3N2/c1-9(4-6-15-8-9)7-14-5-2-3-10(11,12)13/h14-15H,2-8H2,1H3. The van der Waals surface area contributed by atoms with E-state index >= 15 is 0 Å². The Morgan fingerprint density at radius 3 is 2.67 bits per heavy atom. The summed E-state index contributed by atoms with van der Waals surface area (Å²) in [5, 5.41) is 6.36. The maximum atomic E-state index is 11.8. The highest BCUT2D eigenvalue weighted by molar-refractivity contribution is 4.85. The van der Waals surface area contributed by atoms with Gasteiger partial charge in [0.05, 0.1) is 0 Å². The fraction of sp³-hybridized carbons (Fsp3) is 1.00. The second kappa shape index (κ2) is 5.16. The van der Waals surface area contributed by atoms with Gasteiger partial charge in [0.1, 0.15) is 0 Å². The van der Waals surface area contributed by atoms with E-state index in [0.717, 1.165) is 26.1 Å². The summed E-state index contributed by atoms with van der Waals surface area (Å²) in [4.78, 5) is 0. The van der Waals surface area contributed by atoms with Crippen LogP contribution < -0.4 is 10.6 Å². The fourth-order valence-electron chi connectivity index (χ4n) is 1.82. The maximum Gasteiger partial charge on any atom is 0.389 e. The van der Waals surface area contributed by atoms with Crippen molar-refractivity contribution in [2.24, 2.45) is 5.41 Å². The maximum absolute atomic E-state index is 11.8. The van der Waals surface area contributed by atoms with E-state index in [0.29, 0.717) is 6.54 Å². The topological polar surface area (TPSA) is 24.1 Å². The Kier molecular flexibility index (Phi) is 4.40. The normalized spacial score (nSPS) is 27.2. The number of alkyl halides is 3. The van der Waals surface area contributed by atoms with Crippen molar-refractivity contribution in [1.29, 1.82) is 0 Å². The molecule has 0 amide bonds. The summed E-state index contributed by atoms with van der Waals surface area (Å²) in [7, 11) is 0. The van der Waals surface area contributed by atoms with Crippen LogP contribution in [0.25, 0.3) is 0 Å². The highest BCUT2D eigenvalue weighted by atomic mass is 19.4. The van der Waals surface area contributed by atoms with Crippen LogP contribution in [0.15, 0.2) is 0 Å². The van der Waals surface area contributed by atoms with Crippen LogP contribution in [0.3, 0.4) is 0 Å². The number of hydrogen-bond donors (Lipinski definition) is 2. The van der Waals surface area contributed by atoms with Crippen LogP contribution >= 0.6 is 0 Å². The molecule has 0 radical (unpaired) electrons. The fourth-order valence-corrected chi connectivity index (χ4v) is 1.82. The lowest BCUT2D eigenvalue weighted by Gasteiger charge is -2.22. The molecule has 2 N–H and O–H groups in total. The van der Waals surface area contributed by atoms with E-state index < -0.39 is 12.6 Å². The Bertz CT molecular complexity index is 186. The van der Waals surface area contributed by atoms with Crippen molar-refractivity contribution in [1.82, 2.24) is 10.6 Å². The molecule has 1 fully saturated rings. The summed E-state index contributed by atoms with van der Waals surface area (Å²) < 4.78 is 35.5. The molecule has 15 heavy (non-hydrogen) atoms. The third-order valence-electron chi connectivity index (χ3n) is 2.82. The van der Waals surface area contributed by atoms with Gasteiger partial charge in [-0.25, -0.2) is 0 Å². The molecule has 0 saturated carbocycles. The summed E-state index contributed by atoms with van der Waals surface area (Å²) in [6, 6.07) is 0. The summed E-state index contributed by atoms with van der Waals surface area (Å²) in [5.41, 5.74) is 0.220. The van der Waals surface area contributed by atoms with Crippen molar-refractivity contribution in [2.75, 3.05) is 26.2 Å². The van der Waals surface area contributed by atoms with E-state index in [1.165, 1.54) is 0 Å². The quantitative estimate of drug-likeness (QED) is 0.697. The van der Waals surface area contributed by atoms with Crippen LogP contribution in [0, 0.1) is 5.41 Å². The minimum atomic E-state index is -4.01. The van der Waals surface area contributed by atoms with Crippen LogP contribution in [0.2, 0.25) is 0 Å². The minimum Gasteiger partial charge on any atom is -0.316 e. The molecular formula is C10H19F3N2. The average molecular weight is 224 g/mol. The summed E-state index contributed by atoms with van der Waals surface area (Å²) in [6.45, 7) is 5.39. The van der Waals surface area contributed by atoms with Gasteiger partial charge >= 0.3 is 6.18 Å². The van der Waals surface area contributed by atoms with Crippen LogP contribution in [0.4, 0.5) is 13.2 Å². The van der Waals surface area contributed by atoms with Crippen molar-refractivity contribution in [3.63, 3.8) is 0 Å². The van der Waals surface area contributed by atoms with Gasteiger partial charge in [-0.15, -0.1) is 0 Å². The Hall–Kier alpha value is -0.290. The molecule has 0 aromatic heterocycles. The first-order chi connectivity index (χ1) is 6.91. The first-order valence-corrected chi connectivity index (χ1v) is 5.40. The molecule has 2 nitrogen and oxygen atoms in total. The molecule has 1 heterocycles. The summed E-state index contributed by atoms with van der Waals surface area (Å²) in [6.07, 6.45) is -3.43. The van der Waals surface area contributed by atoms with Gasteiger partial charge in [-0.2, -0.15) is 13.2 Å². The number of halogens is 3. The van der Waals surface area contributed by atoms with E-state index in [4.69, 9.17) is 0 Å². The molecule has 1 aliphatic heterocycles. The highest BCUT2D eigenvalue weighted by Gasteiger charge is 2.28. The molecule has 0 aromatic rings. The van der Waals surface area contributed by atoms with Gasteiger partial charge in [-0.1, -0.05) is 6.92 Å².